The fourth-order valence-electron chi connectivity index (χ4n) is 3.12. The predicted molar refractivity (Wildman–Crippen MR) is 121 cm³/mol. The molecule has 1 atom stereocenters. The second-order valence-electron chi connectivity index (χ2n) is 6.78. The molecule has 0 aliphatic carbocycles. The number of anilines is 1. The number of benzene rings is 2. The number of hydrogen-bond donors (Lipinski definition) is 1. The van der Waals surface area contributed by atoms with E-state index in [1.807, 2.05) is 12.1 Å². The molecule has 8 nitrogen and oxygen atoms in total. The van der Waals surface area contributed by atoms with Gasteiger partial charge in [0, 0.05) is 6.54 Å². The second-order valence-corrected chi connectivity index (χ2v) is 9.05. The summed E-state index contributed by atoms with van der Waals surface area (Å²) in [6.07, 6.45) is 1.57. The normalized spacial score (nSPS) is 12.1. The maximum absolute atomic E-state index is 12.7. The molecule has 0 radical (unpaired) electrons. The number of halogens is 1. The molecule has 0 spiro atoms. The molecule has 0 aliphatic heterocycles. The summed E-state index contributed by atoms with van der Waals surface area (Å²) in [6, 6.07) is 9.06. The number of ether oxygens (including phenoxy) is 3. The van der Waals surface area contributed by atoms with E-state index >= 15 is 0 Å². The summed E-state index contributed by atoms with van der Waals surface area (Å²) in [5.41, 5.74) is 1.21. The van der Waals surface area contributed by atoms with E-state index in [1.165, 1.54) is 20.1 Å². The molecule has 170 valence electrons. The topological polar surface area (TPSA) is 94.2 Å². The van der Waals surface area contributed by atoms with Gasteiger partial charge in [-0.05, 0) is 49.2 Å². The number of hydrogen-bond acceptors (Lipinski definition) is 6. The molecular formula is C21H27ClN2O6S. The van der Waals surface area contributed by atoms with Gasteiger partial charge >= 0.3 is 0 Å². The number of carbonyl (C=O) groups excluding carboxylic acids is 1. The molecule has 0 aliphatic rings. The summed E-state index contributed by atoms with van der Waals surface area (Å²) in [6.45, 7) is 1.84. The first-order valence-electron chi connectivity index (χ1n) is 9.44. The minimum absolute atomic E-state index is 0.245. The van der Waals surface area contributed by atoms with Crippen molar-refractivity contribution in [2.45, 2.75) is 19.4 Å². The van der Waals surface area contributed by atoms with Crippen LogP contribution in [0.1, 0.15) is 12.5 Å². The van der Waals surface area contributed by atoms with Gasteiger partial charge in [-0.25, -0.2) is 8.42 Å². The standard InChI is InChI=1S/C21H27ClN2O6S/c1-14(24(31(5,26)27)16-7-9-18(28-2)17(22)13-16)21(25)23-11-10-15-6-8-19(29-3)20(12-15)30-4/h6-9,12-14H,10-11H2,1-5H3,(H,23,25)/t14-/m1/s1. The van der Waals surface area contributed by atoms with Gasteiger partial charge in [-0.15, -0.1) is 0 Å². The zero-order valence-corrected chi connectivity index (χ0v) is 19.7. The van der Waals surface area contributed by atoms with Crippen LogP contribution in [-0.4, -0.2) is 54.5 Å². The number of sulfonamides is 1. The third-order valence-electron chi connectivity index (χ3n) is 4.64. The quantitative estimate of drug-likeness (QED) is 0.573. The molecule has 2 aromatic carbocycles. The first kappa shape index (κ1) is 24.6. The molecule has 0 fully saturated rings. The number of carbonyl (C=O) groups is 1. The second kappa shape index (κ2) is 10.6. The maximum Gasteiger partial charge on any atom is 0.243 e. The van der Waals surface area contributed by atoms with Gasteiger partial charge < -0.3 is 19.5 Å². The number of nitrogens with zero attached hydrogens (tertiary/aromatic N) is 1. The Morgan fingerprint density at radius 1 is 1.03 bits per heavy atom. The summed E-state index contributed by atoms with van der Waals surface area (Å²) in [5.74, 6) is 1.19. The van der Waals surface area contributed by atoms with Crippen molar-refractivity contribution < 1.29 is 27.4 Å². The van der Waals surface area contributed by atoms with Gasteiger partial charge in [-0.2, -0.15) is 0 Å². The Morgan fingerprint density at radius 3 is 2.19 bits per heavy atom. The molecule has 0 saturated carbocycles. The van der Waals surface area contributed by atoms with E-state index in [0.717, 1.165) is 16.1 Å². The fraction of sp³-hybridized carbons (Fsp3) is 0.381. The van der Waals surface area contributed by atoms with Gasteiger partial charge in [0.1, 0.15) is 11.8 Å². The number of amides is 1. The summed E-state index contributed by atoms with van der Waals surface area (Å²) >= 11 is 6.14. The number of methoxy groups -OCH3 is 3. The lowest BCUT2D eigenvalue weighted by Crippen LogP contribution is -2.48. The van der Waals surface area contributed by atoms with E-state index < -0.39 is 22.0 Å². The van der Waals surface area contributed by atoms with Crippen molar-refractivity contribution in [2.24, 2.45) is 0 Å². The monoisotopic (exact) mass is 470 g/mol. The summed E-state index contributed by atoms with van der Waals surface area (Å²) in [5, 5.41) is 3.03. The van der Waals surface area contributed by atoms with Crippen LogP contribution in [0.2, 0.25) is 5.02 Å². The van der Waals surface area contributed by atoms with E-state index in [9.17, 15) is 13.2 Å². The molecule has 1 N–H and O–H groups in total. The zero-order chi connectivity index (χ0) is 23.2. The molecular weight excluding hydrogens is 444 g/mol. The van der Waals surface area contributed by atoms with E-state index in [0.29, 0.717) is 30.2 Å². The Labute approximate surface area is 188 Å². The van der Waals surface area contributed by atoms with Crippen molar-refractivity contribution in [3.05, 3.63) is 47.0 Å². The summed E-state index contributed by atoms with van der Waals surface area (Å²) in [4.78, 5) is 12.7. The van der Waals surface area contributed by atoms with Crippen LogP contribution < -0.4 is 23.8 Å². The molecule has 0 bridgehead atoms. The molecule has 0 unspecified atom stereocenters. The van der Waals surface area contributed by atoms with Crippen LogP contribution in [0.25, 0.3) is 0 Å². The van der Waals surface area contributed by atoms with Crippen molar-refractivity contribution in [3.8, 4) is 17.2 Å². The summed E-state index contributed by atoms with van der Waals surface area (Å²) < 4.78 is 41.5. The van der Waals surface area contributed by atoms with E-state index in [2.05, 4.69) is 5.32 Å². The van der Waals surface area contributed by atoms with Crippen LogP contribution >= 0.6 is 11.6 Å². The highest BCUT2D eigenvalue weighted by Gasteiger charge is 2.29. The highest BCUT2D eigenvalue weighted by atomic mass is 35.5. The van der Waals surface area contributed by atoms with Crippen molar-refractivity contribution in [2.75, 3.05) is 38.4 Å². The summed E-state index contributed by atoms with van der Waals surface area (Å²) in [7, 11) is 0.822. The highest BCUT2D eigenvalue weighted by Crippen LogP contribution is 2.31. The van der Waals surface area contributed by atoms with Gasteiger partial charge in [0.05, 0.1) is 38.3 Å². The van der Waals surface area contributed by atoms with Crippen LogP contribution in [0.5, 0.6) is 17.2 Å². The molecule has 31 heavy (non-hydrogen) atoms. The van der Waals surface area contributed by atoms with Gasteiger partial charge in [-0.3, -0.25) is 9.10 Å². The first-order chi connectivity index (χ1) is 14.6. The molecule has 1 amide bonds. The van der Waals surface area contributed by atoms with Crippen LogP contribution in [-0.2, 0) is 21.2 Å². The van der Waals surface area contributed by atoms with Crippen LogP contribution in [0, 0.1) is 0 Å². The van der Waals surface area contributed by atoms with E-state index in [1.54, 1.807) is 32.4 Å². The number of nitrogens with one attached hydrogen (secondary N) is 1. The third-order valence-corrected chi connectivity index (χ3v) is 6.18. The SMILES string of the molecule is COc1ccc(N([C@H](C)C(=O)NCCc2ccc(OC)c(OC)c2)S(C)(=O)=O)cc1Cl. The molecule has 0 aromatic heterocycles. The minimum Gasteiger partial charge on any atom is -0.495 e. The fourth-order valence-corrected chi connectivity index (χ4v) is 4.53. The van der Waals surface area contributed by atoms with Crippen LogP contribution in [0.4, 0.5) is 5.69 Å². The van der Waals surface area contributed by atoms with Crippen LogP contribution in [0.15, 0.2) is 36.4 Å². The Balaban J connectivity index is 2.11. The molecule has 0 saturated heterocycles. The maximum atomic E-state index is 12.7. The van der Waals surface area contributed by atoms with Crippen molar-refractivity contribution in [1.29, 1.82) is 0 Å². The molecule has 2 aromatic rings. The average molecular weight is 471 g/mol. The van der Waals surface area contributed by atoms with Crippen molar-refractivity contribution in [3.63, 3.8) is 0 Å². The van der Waals surface area contributed by atoms with Gasteiger partial charge in [-0.1, -0.05) is 17.7 Å². The zero-order valence-electron chi connectivity index (χ0n) is 18.1. The predicted octanol–water partition coefficient (Wildman–Crippen LogP) is 2.88. The molecule has 10 heteroatoms. The van der Waals surface area contributed by atoms with Gasteiger partial charge in [0.2, 0.25) is 15.9 Å². The first-order valence-corrected chi connectivity index (χ1v) is 11.7. The van der Waals surface area contributed by atoms with E-state index in [-0.39, 0.29) is 10.7 Å². The van der Waals surface area contributed by atoms with Gasteiger partial charge in [0.15, 0.2) is 11.5 Å². The minimum atomic E-state index is -3.75. The Kier molecular flexibility index (Phi) is 8.41. The number of rotatable bonds is 10. The lowest BCUT2D eigenvalue weighted by molar-refractivity contribution is -0.121. The van der Waals surface area contributed by atoms with Gasteiger partial charge in [0.25, 0.3) is 0 Å². The largest absolute Gasteiger partial charge is 0.495 e. The Hall–Kier alpha value is -2.65. The lowest BCUT2D eigenvalue weighted by atomic mass is 10.1. The van der Waals surface area contributed by atoms with Crippen molar-refractivity contribution in [1.82, 2.24) is 5.32 Å². The Morgan fingerprint density at radius 2 is 1.65 bits per heavy atom. The highest BCUT2D eigenvalue weighted by molar-refractivity contribution is 7.92. The van der Waals surface area contributed by atoms with Crippen molar-refractivity contribution >= 4 is 33.2 Å². The molecule has 2 rings (SSSR count). The van der Waals surface area contributed by atoms with Crippen LogP contribution in [0.3, 0.4) is 0 Å². The third kappa shape index (κ3) is 6.18. The molecule has 0 heterocycles. The lowest BCUT2D eigenvalue weighted by Gasteiger charge is -2.28. The van der Waals surface area contributed by atoms with E-state index in [4.69, 9.17) is 25.8 Å². The Bertz CT molecular complexity index is 1030. The average Bonchev–Trinajstić information content (AvgIpc) is 2.72. The smallest absolute Gasteiger partial charge is 0.243 e.